The fourth-order valence-corrected chi connectivity index (χ4v) is 3.36. The molecule has 0 saturated carbocycles. The zero-order valence-corrected chi connectivity index (χ0v) is 17.0. The quantitative estimate of drug-likeness (QED) is 0.330. The van der Waals surface area contributed by atoms with Gasteiger partial charge in [0, 0.05) is 35.7 Å². The van der Waals surface area contributed by atoms with Gasteiger partial charge in [-0.05, 0) is 36.8 Å². The van der Waals surface area contributed by atoms with Crippen molar-refractivity contribution < 1.29 is 18.6 Å². The average molecular weight is 438 g/mol. The van der Waals surface area contributed by atoms with Gasteiger partial charge in [-0.15, -0.1) is 0 Å². The molecule has 0 unspecified atom stereocenters. The molecule has 1 aromatic heterocycles. The van der Waals surface area contributed by atoms with E-state index in [1.807, 2.05) is 0 Å². The van der Waals surface area contributed by atoms with Gasteiger partial charge in [0.15, 0.2) is 31.2 Å². The molecule has 0 amide bonds. The van der Waals surface area contributed by atoms with Gasteiger partial charge in [-0.3, -0.25) is 0 Å². The molecule has 1 aliphatic rings. The first-order valence-electron chi connectivity index (χ1n) is 9.91. The second kappa shape index (κ2) is 9.37. The SMILES string of the molecule is [B]N1C[C@H](O)C[C@H]1COc1ccc(Nc2ncc(F)c(Nc3cccc(N)c3)n2)cc1F. The molecule has 32 heavy (non-hydrogen) atoms. The third kappa shape index (κ3) is 5.24. The average Bonchev–Trinajstić information content (AvgIpc) is 3.07. The number of rotatable bonds is 7. The molecule has 2 atom stereocenters. The van der Waals surface area contributed by atoms with E-state index >= 15 is 0 Å². The predicted octanol–water partition coefficient (Wildman–Crippen LogP) is 2.72. The second-order valence-corrected chi connectivity index (χ2v) is 7.46. The maximum Gasteiger partial charge on any atom is 0.229 e. The maximum absolute atomic E-state index is 14.5. The molecule has 164 valence electrons. The topological polar surface area (TPSA) is 109 Å². The third-order valence-corrected chi connectivity index (χ3v) is 4.95. The Morgan fingerprint density at radius 3 is 2.69 bits per heavy atom. The normalized spacial score (nSPS) is 18.5. The van der Waals surface area contributed by atoms with Crippen LogP contribution in [0.3, 0.4) is 0 Å². The standard InChI is InChI=1S/C21H21BF2N6O2/c22-30-10-16(31)8-15(30)11-32-19-5-4-14(7-17(19)23)28-21-26-9-18(24)20(29-21)27-13-3-1-2-12(25)6-13/h1-7,9,15-16,31H,8,10-11,25H2,(H2,26,27,28,29)/t15-,16+/m0/s1. The van der Waals surface area contributed by atoms with Crippen LogP contribution in [0.15, 0.2) is 48.7 Å². The highest BCUT2D eigenvalue weighted by atomic mass is 19.1. The molecule has 2 aromatic carbocycles. The number of nitrogens with zero attached hydrogens (tertiary/aromatic N) is 3. The Hall–Kier alpha value is -3.44. The van der Waals surface area contributed by atoms with Crippen molar-refractivity contribution in [1.29, 1.82) is 0 Å². The van der Waals surface area contributed by atoms with Crippen LogP contribution < -0.4 is 21.1 Å². The van der Waals surface area contributed by atoms with Crippen molar-refractivity contribution in [2.75, 3.05) is 29.5 Å². The number of nitrogens with two attached hydrogens (primary N) is 1. The lowest BCUT2D eigenvalue weighted by molar-refractivity contribution is 0.186. The first-order chi connectivity index (χ1) is 15.4. The summed E-state index contributed by atoms with van der Waals surface area (Å²) >= 11 is 0. The lowest BCUT2D eigenvalue weighted by atomic mass is 10.2. The third-order valence-electron chi connectivity index (χ3n) is 4.95. The number of aromatic nitrogens is 2. The van der Waals surface area contributed by atoms with Crippen molar-refractivity contribution in [3.8, 4) is 5.75 Å². The summed E-state index contributed by atoms with van der Waals surface area (Å²) in [6.07, 6.45) is 0.956. The minimum Gasteiger partial charge on any atom is -0.489 e. The lowest BCUT2D eigenvalue weighted by Gasteiger charge is -2.20. The molecule has 0 aliphatic carbocycles. The summed E-state index contributed by atoms with van der Waals surface area (Å²) in [7, 11) is 5.80. The highest BCUT2D eigenvalue weighted by Crippen LogP contribution is 2.26. The maximum atomic E-state index is 14.5. The zero-order valence-electron chi connectivity index (χ0n) is 17.0. The van der Waals surface area contributed by atoms with Gasteiger partial charge < -0.3 is 31.0 Å². The number of nitrogen functional groups attached to an aromatic ring is 1. The summed E-state index contributed by atoms with van der Waals surface area (Å²) in [5.41, 5.74) is 7.17. The van der Waals surface area contributed by atoms with Crippen LogP contribution in [0, 0.1) is 11.6 Å². The summed E-state index contributed by atoms with van der Waals surface area (Å²) in [6.45, 7) is 0.503. The molecule has 11 heteroatoms. The number of halogens is 2. The second-order valence-electron chi connectivity index (χ2n) is 7.46. The molecule has 4 rings (SSSR count). The molecule has 1 aliphatic heterocycles. The van der Waals surface area contributed by atoms with Crippen LogP contribution in [0.5, 0.6) is 5.75 Å². The van der Waals surface area contributed by atoms with Crippen molar-refractivity contribution in [2.45, 2.75) is 18.6 Å². The van der Waals surface area contributed by atoms with Gasteiger partial charge >= 0.3 is 0 Å². The van der Waals surface area contributed by atoms with Crippen LogP contribution in [0.2, 0.25) is 0 Å². The number of benzene rings is 2. The molecule has 1 saturated heterocycles. The van der Waals surface area contributed by atoms with Crippen molar-refractivity contribution >= 4 is 36.8 Å². The molecule has 2 radical (unpaired) electrons. The molecule has 1 fully saturated rings. The van der Waals surface area contributed by atoms with Crippen molar-refractivity contribution in [1.82, 2.24) is 14.8 Å². The molecule has 5 N–H and O–H groups in total. The Labute approximate surface area is 184 Å². The largest absolute Gasteiger partial charge is 0.489 e. The Bertz CT molecular complexity index is 1110. The Kier molecular flexibility index (Phi) is 6.38. The summed E-state index contributed by atoms with van der Waals surface area (Å²) in [5.74, 6) is -1.19. The van der Waals surface area contributed by atoms with E-state index in [2.05, 4.69) is 20.6 Å². The molecular weight excluding hydrogens is 417 g/mol. The van der Waals surface area contributed by atoms with Gasteiger partial charge in [0.2, 0.25) is 5.95 Å². The monoisotopic (exact) mass is 438 g/mol. The first-order valence-corrected chi connectivity index (χ1v) is 9.91. The number of anilines is 5. The van der Waals surface area contributed by atoms with Crippen LogP contribution in [0.25, 0.3) is 0 Å². The van der Waals surface area contributed by atoms with E-state index in [9.17, 15) is 13.9 Å². The Morgan fingerprint density at radius 2 is 1.97 bits per heavy atom. The van der Waals surface area contributed by atoms with Crippen molar-refractivity contribution in [2.24, 2.45) is 0 Å². The first kappa shape index (κ1) is 21.8. The smallest absolute Gasteiger partial charge is 0.229 e. The van der Waals surface area contributed by atoms with E-state index < -0.39 is 17.7 Å². The highest BCUT2D eigenvalue weighted by molar-refractivity contribution is 6.04. The highest BCUT2D eigenvalue weighted by Gasteiger charge is 2.28. The predicted molar refractivity (Wildman–Crippen MR) is 118 cm³/mol. The van der Waals surface area contributed by atoms with Gasteiger partial charge in [0.1, 0.15) is 6.61 Å². The number of ether oxygens (including phenoxy) is 1. The van der Waals surface area contributed by atoms with Crippen LogP contribution >= 0.6 is 0 Å². The number of β-amino-alcohol motifs (C(OH)–C–C–N with tert-alkyl or cyclic N) is 1. The van der Waals surface area contributed by atoms with Crippen LogP contribution in [-0.4, -0.2) is 53.2 Å². The number of nitrogens with one attached hydrogen (secondary N) is 2. The van der Waals surface area contributed by atoms with E-state index in [1.165, 1.54) is 16.9 Å². The lowest BCUT2D eigenvalue weighted by Crippen LogP contribution is -2.32. The van der Waals surface area contributed by atoms with Crippen LogP contribution in [0.1, 0.15) is 6.42 Å². The van der Waals surface area contributed by atoms with Gasteiger partial charge in [0.25, 0.3) is 0 Å². The molecule has 0 bridgehead atoms. The van der Waals surface area contributed by atoms with E-state index in [4.69, 9.17) is 18.5 Å². The van der Waals surface area contributed by atoms with Gasteiger partial charge in [0.05, 0.1) is 12.3 Å². The van der Waals surface area contributed by atoms with E-state index in [-0.39, 0.29) is 30.2 Å². The molecule has 2 heterocycles. The number of hydrogen-bond donors (Lipinski definition) is 4. The Morgan fingerprint density at radius 1 is 1.16 bits per heavy atom. The fourth-order valence-electron chi connectivity index (χ4n) is 3.36. The summed E-state index contributed by atoms with van der Waals surface area (Å²) < 4.78 is 34.1. The molecule has 0 spiro atoms. The molecule has 8 nitrogen and oxygen atoms in total. The number of hydrogen-bond acceptors (Lipinski definition) is 8. The van der Waals surface area contributed by atoms with Gasteiger partial charge in [-0.25, -0.2) is 13.8 Å². The van der Waals surface area contributed by atoms with Crippen molar-refractivity contribution in [3.63, 3.8) is 0 Å². The minimum atomic E-state index is -0.654. The summed E-state index contributed by atoms with van der Waals surface area (Å²) in [6, 6.07) is 10.9. The van der Waals surface area contributed by atoms with Crippen LogP contribution in [0.4, 0.5) is 37.6 Å². The summed E-state index contributed by atoms with van der Waals surface area (Å²) in [4.78, 5) is 9.48. The van der Waals surface area contributed by atoms with Crippen molar-refractivity contribution in [3.05, 3.63) is 60.3 Å². The zero-order chi connectivity index (χ0) is 22.7. The van der Waals surface area contributed by atoms with E-state index in [1.54, 1.807) is 30.3 Å². The number of aliphatic hydroxyl groups is 1. The van der Waals surface area contributed by atoms with E-state index in [0.29, 0.717) is 30.0 Å². The molecular formula is C21H21BF2N6O2. The van der Waals surface area contributed by atoms with Crippen LogP contribution in [-0.2, 0) is 0 Å². The number of aliphatic hydroxyl groups excluding tert-OH is 1. The summed E-state index contributed by atoms with van der Waals surface area (Å²) in [5, 5.41) is 15.3. The fraction of sp³-hybridized carbons (Fsp3) is 0.238. The van der Waals surface area contributed by atoms with Gasteiger partial charge in [-0.2, -0.15) is 4.98 Å². The minimum absolute atomic E-state index is 0.0504. The molecule has 3 aromatic rings. The van der Waals surface area contributed by atoms with E-state index in [0.717, 1.165) is 6.20 Å². The van der Waals surface area contributed by atoms with Gasteiger partial charge in [-0.1, -0.05) is 6.07 Å². The Balaban J connectivity index is 1.42.